The van der Waals surface area contributed by atoms with Gasteiger partial charge >= 0.3 is 0 Å². The molecule has 0 atom stereocenters. The second-order valence-electron chi connectivity index (χ2n) is 8.54. The standard InChI is InChI=1S/C24H29ClN4O2/c1-17-6-8-19(9-7-17)16-29-23(25)21(18(2)26-29)10-11-22(30)27-12-14-28(15-13-27)24(31)20-4-3-5-20/h6-11,20H,3-5,12-16H2,1-2H3. The lowest BCUT2D eigenvalue weighted by atomic mass is 9.84. The Kier molecular flexibility index (Phi) is 6.46. The Bertz CT molecular complexity index is 984. The second kappa shape index (κ2) is 9.27. The van der Waals surface area contributed by atoms with Crippen molar-refractivity contribution in [3.63, 3.8) is 0 Å². The molecule has 1 aliphatic heterocycles. The summed E-state index contributed by atoms with van der Waals surface area (Å²) in [6.07, 6.45) is 6.50. The van der Waals surface area contributed by atoms with Crippen molar-refractivity contribution in [2.24, 2.45) is 5.92 Å². The fourth-order valence-electron chi connectivity index (χ4n) is 4.05. The van der Waals surface area contributed by atoms with Gasteiger partial charge in [0.1, 0.15) is 5.15 Å². The van der Waals surface area contributed by atoms with Crippen LogP contribution in [-0.2, 0) is 16.1 Å². The average molecular weight is 441 g/mol. The Balaban J connectivity index is 1.36. The number of hydrogen-bond acceptors (Lipinski definition) is 3. The summed E-state index contributed by atoms with van der Waals surface area (Å²) in [6, 6.07) is 8.27. The van der Waals surface area contributed by atoms with Gasteiger partial charge in [0.2, 0.25) is 11.8 Å². The largest absolute Gasteiger partial charge is 0.339 e. The van der Waals surface area contributed by atoms with Gasteiger partial charge in [-0.3, -0.25) is 9.59 Å². The lowest BCUT2D eigenvalue weighted by molar-refractivity contribution is -0.142. The number of aromatic nitrogens is 2. The molecular weight excluding hydrogens is 412 g/mol. The van der Waals surface area contributed by atoms with Gasteiger partial charge in [-0.25, -0.2) is 4.68 Å². The van der Waals surface area contributed by atoms with Crippen LogP contribution in [0.15, 0.2) is 30.3 Å². The minimum absolute atomic E-state index is 0.0579. The molecule has 2 fully saturated rings. The van der Waals surface area contributed by atoms with Crippen LogP contribution in [0.1, 0.15) is 41.6 Å². The third-order valence-electron chi connectivity index (χ3n) is 6.31. The number of nitrogens with zero attached hydrogens (tertiary/aromatic N) is 4. The number of halogens is 1. The molecule has 1 saturated heterocycles. The Morgan fingerprint density at radius 1 is 1.06 bits per heavy atom. The summed E-state index contributed by atoms with van der Waals surface area (Å²) in [5.41, 5.74) is 3.88. The van der Waals surface area contributed by atoms with Crippen molar-refractivity contribution < 1.29 is 9.59 Å². The third kappa shape index (κ3) is 4.85. The Labute approximate surface area is 188 Å². The molecule has 0 unspecified atom stereocenters. The maximum atomic E-state index is 12.7. The summed E-state index contributed by atoms with van der Waals surface area (Å²) in [6.45, 7) is 6.90. The molecule has 7 heteroatoms. The summed E-state index contributed by atoms with van der Waals surface area (Å²) >= 11 is 6.56. The van der Waals surface area contributed by atoms with Crippen LogP contribution in [0.2, 0.25) is 5.15 Å². The minimum atomic E-state index is -0.0579. The van der Waals surface area contributed by atoms with Gasteiger partial charge in [0.15, 0.2) is 0 Å². The number of amides is 2. The van der Waals surface area contributed by atoms with E-state index in [9.17, 15) is 9.59 Å². The Morgan fingerprint density at radius 2 is 1.71 bits per heavy atom. The highest BCUT2D eigenvalue weighted by atomic mass is 35.5. The minimum Gasteiger partial charge on any atom is -0.339 e. The number of benzene rings is 1. The molecule has 6 nitrogen and oxygen atoms in total. The third-order valence-corrected chi connectivity index (χ3v) is 6.71. The van der Waals surface area contributed by atoms with Crippen molar-refractivity contribution in [3.05, 3.63) is 57.9 Å². The summed E-state index contributed by atoms with van der Waals surface area (Å²) in [4.78, 5) is 28.7. The van der Waals surface area contributed by atoms with Gasteiger partial charge in [-0.2, -0.15) is 5.10 Å². The predicted molar refractivity (Wildman–Crippen MR) is 122 cm³/mol. The van der Waals surface area contributed by atoms with Gasteiger partial charge < -0.3 is 9.80 Å². The highest BCUT2D eigenvalue weighted by Gasteiger charge is 2.31. The maximum absolute atomic E-state index is 12.7. The topological polar surface area (TPSA) is 58.4 Å². The summed E-state index contributed by atoms with van der Waals surface area (Å²) in [5.74, 6) is 0.415. The zero-order valence-electron chi connectivity index (χ0n) is 18.2. The maximum Gasteiger partial charge on any atom is 0.246 e. The zero-order chi connectivity index (χ0) is 22.0. The average Bonchev–Trinajstić information content (AvgIpc) is 2.99. The van der Waals surface area contributed by atoms with Gasteiger partial charge in [0, 0.05) is 43.7 Å². The predicted octanol–water partition coefficient (Wildman–Crippen LogP) is 3.69. The molecule has 1 aromatic carbocycles. The lowest BCUT2D eigenvalue weighted by Crippen LogP contribution is -2.52. The van der Waals surface area contributed by atoms with E-state index in [2.05, 4.69) is 36.3 Å². The summed E-state index contributed by atoms with van der Waals surface area (Å²) in [7, 11) is 0. The number of aryl methyl sites for hydroxylation is 2. The van der Waals surface area contributed by atoms with Crippen molar-refractivity contribution in [2.45, 2.75) is 39.7 Å². The van der Waals surface area contributed by atoms with Crippen LogP contribution in [0.3, 0.4) is 0 Å². The van der Waals surface area contributed by atoms with E-state index in [1.54, 1.807) is 21.7 Å². The van der Waals surface area contributed by atoms with Crippen molar-refractivity contribution in [2.75, 3.05) is 26.2 Å². The van der Waals surface area contributed by atoms with Gasteiger partial charge in [-0.1, -0.05) is 47.9 Å². The molecule has 2 heterocycles. The van der Waals surface area contributed by atoms with E-state index in [1.807, 2.05) is 11.8 Å². The van der Waals surface area contributed by atoms with E-state index in [4.69, 9.17) is 11.6 Å². The van der Waals surface area contributed by atoms with E-state index in [-0.39, 0.29) is 17.7 Å². The highest BCUT2D eigenvalue weighted by Crippen LogP contribution is 2.28. The van der Waals surface area contributed by atoms with Crippen LogP contribution >= 0.6 is 11.6 Å². The molecule has 4 rings (SSSR count). The van der Waals surface area contributed by atoms with Crippen LogP contribution < -0.4 is 0 Å². The molecule has 2 aliphatic rings. The van der Waals surface area contributed by atoms with Gasteiger partial charge in [0.05, 0.1) is 12.2 Å². The monoisotopic (exact) mass is 440 g/mol. The van der Waals surface area contributed by atoms with E-state index >= 15 is 0 Å². The smallest absolute Gasteiger partial charge is 0.246 e. The van der Waals surface area contributed by atoms with Crippen molar-refractivity contribution in [1.29, 1.82) is 0 Å². The fraction of sp³-hybridized carbons (Fsp3) is 0.458. The first-order valence-electron chi connectivity index (χ1n) is 11.0. The van der Waals surface area contributed by atoms with Gasteiger partial charge in [-0.05, 0) is 38.3 Å². The van der Waals surface area contributed by atoms with Crippen LogP contribution in [0, 0.1) is 19.8 Å². The fourth-order valence-corrected chi connectivity index (χ4v) is 4.35. The summed E-state index contributed by atoms with van der Waals surface area (Å²) in [5, 5.41) is 5.07. The quantitative estimate of drug-likeness (QED) is 0.666. The molecule has 0 bridgehead atoms. The first-order chi connectivity index (χ1) is 14.9. The Hall–Kier alpha value is -2.60. The van der Waals surface area contributed by atoms with Crippen molar-refractivity contribution >= 4 is 29.5 Å². The molecule has 1 aliphatic carbocycles. The number of rotatable bonds is 5. The number of carbonyl (C=O) groups excluding carboxylic acids is 2. The van der Waals surface area contributed by atoms with Crippen molar-refractivity contribution in [1.82, 2.24) is 19.6 Å². The molecule has 31 heavy (non-hydrogen) atoms. The van der Waals surface area contributed by atoms with E-state index in [0.29, 0.717) is 37.9 Å². The Morgan fingerprint density at radius 3 is 2.32 bits per heavy atom. The highest BCUT2D eigenvalue weighted by molar-refractivity contribution is 6.31. The molecular formula is C24H29ClN4O2. The van der Waals surface area contributed by atoms with Crippen LogP contribution in [0.5, 0.6) is 0 Å². The molecule has 1 saturated carbocycles. The molecule has 0 spiro atoms. The first kappa shape index (κ1) is 21.6. The van der Waals surface area contributed by atoms with Crippen LogP contribution in [-0.4, -0.2) is 57.6 Å². The molecule has 0 radical (unpaired) electrons. The second-order valence-corrected chi connectivity index (χ2v) is 8.90. The van der Waals surface area contributed by atoms with Gasteiger partial charge in [0.25, 0.3) is 0 Å². The van der Waals surface area contributed by atoms with Crippen LogP contribution in [0.25, 0.3) is 6.08 Å². The van der Waals surface area contributed by atoms with Crippen molar-refractivity contribution in [3.8, 4) is 0 Å². The normalized spacial score (nSPS) is 17.3. The SMILES string of the molecule is Cc1ccc(Cn2nc(C)c(C=CC(=O)N3CCN(C(=O)C4CCC4)CC3)c2Cl)cc1. The lowest BCUT2D eigenvalue weighted by Gasteiger charge is -2.37. The molecule has 164 valence electrons. The van der Waals surface area contributed by atoms with Crippen LogP contribution in [0.4, 0.5) is 0 Å². The molecule has 2 amide bonds. The number of hydrogen-bond donors (Lipinski definition) is 0. The van der Waals surface area contributed by atoms with E-state index in [0.717, 1.165) is 36.1 Å². The number of carbonyl (C=O) groups is 2. The number of piperazine rings is 1. The van der Waals surface area contributed by atoms with E-state index < -0.39 is 0 Å². The molecule has 1 aromatic heterocycles. The summed E-state index contributed by atoms with van der Waals surface area (Å²) < 4.78 is 1.76. The molecule has 0 N–H and O–H groups in total. The molecule has 2 aromatic rings. The first-order valence-corrected chi connectivity index (χ1v) is 11.3. The zero-order valence-corrected chi connectivity index (χ0v) is 18.9. The van der Waals surface area contributed by atoms with Gasteiger partial charge in [-0.15, -0.1) is 0 Å². The van der Waals surface area contributed by atoms with E-state index in [1.165, 1.54) is 5.56 Å².